The topological polar surface area (TPSA) is 30.0 Å². The maximum absolute atomic E-state index is 13.0. The van der Waals surface area contributed by atoms with E-state index >= 15 is 0 Å². The summed E-state index contributed by atoms with van der Waals surface area (Å²) in [6, 6.07) is 9.53. The largest absolute Gasteiger partial charge is 0.280 e. The second-order valence-corrected chi connectivity index (χ2v) is 4.99. The van der Waals surface area contributed by atoms with Crippen molar-refractivity contribution in [2.24, 2.45) is 0 Å². The number of halogens is 2. The lowest BCUT2D eigenvalue weighted by molar-refractivity contribution is -0.116. The maximum Gasteiger partial charge on any atom is 0.232 e. The van der Waals surface area contributed by atoms with Crippen LogP contribution in [0.4, 0.5) is 4.39 Å². The molecule has 0 aliphatic heterocycles. The molecule has 0 aliphatic rings. The second-order valence-electron chi connectivity index (χ2n) is 4.65. The molecule has 1 atom stereocenters. The number of carbonyl (C=O) groups is 1. The van der Waals surface area contributed by atoms with Gasteiger partial charge in [-0.15, -0.1) is 0 Å². The molecule has 1 unspecified atom stereocenters. The molecule has 0 radical (unpaired) electrons. The average molecular weight is 278 g/mol. The lowest BCUT2D eigenvalue weighted by Crippen LogP contribution is -2.31. The summed E-state index contributed by atoms with van der Waals surface area (Å²) in [6.45, 7) is 1.75. The van der Waals surface area contributed by atoms with Crippen LogP contribution < -0.4 is 0 Å². The standard InChI is InChI=1S/C15H13ClFNO/c1-15(14(16)19,9-11-3-2-8-18-10-11)12-4-6-13(17)7-5-12/h2-8,10H,9H2,1H3. The van der Waals surface area contributed by atoms with Crippen molar-refractivity contribution in [2.75, 3.05) is 0 Å². The van der Waals surface area contributed by atoms with Gasteiger partial charge in [0.15, 0.2) is 0 Å². The predicted octanol–water partition coefficient (Wildman–Crippen LogP) is 3.49. The van der Waals surface area contributed by atoms with Crippen LogP contribution in [0.2, 0.25) is 0 Å². The molecule has 0 fully saturated rings. The molecule has 2 nitrogen and oxygen atoms in total. The summed E-state index contributed by atoms with van der Waals surface area (Å²) in [5.41, 5.74) is 0.708. The molecule has 0 saturated carbocycles. The Hall–Kier alpha value is -1.74. The monoisotopic (exact) mass is 277 g/mol. The molecule has 0 amide bonds. The number of hydrogen-bond donors (Lipinski definition) is 0. The number of aromatic nitrogens is 1. The molecule has 0 N–H and O–H groups in total. The lowest BCUT2D eigenvalue weighted by Gasteiger charge is -2.26. The Morgan fingerprint density at radius 2 is 2.00 bits per heavy atom. The van der Waals surface area contributed by atoms with E-state index in [1.54, 1.807) is 37.5 Å². The van der Waals surface area contributed by atoms with Crippen LogP contribution in [-0.2, 0) is 16.6 Å². The van der Waals surface area contributed by atoms with Crippen molar-refractivity contribution < 1.29 is 9.18 Å². The SMILES string of the molecule is CC(Cc1cccnc1)(C(=O)Cl)c1ccc(F)cc1. The smallest absolute Gasteiger partial charge is 0.232 e. The Balaban J connectivity index is 2.38. The Bertz CT molecular complexity index is 570. The third-order valence-corrected chi connectivity index (χ3v) is 3.61. The fourth-order valence-electron chi connectivity index (χ4n) is 2.01. The Kier molecular flexibility index (Phi) is 3.96. The highest BCUT2D eigenvalue weighted by Gasteiger charge is 2.34. The predicted molar refractivity (Wildman–Crippen MR) is 72.6 cm³/mol. The van der Waals surface area contributed by atoms with Gasteiger partial charge in [-0.25, -0.2) is 4.39 Å². The van der Waals surface area contributed by atoms with E-state index in [1.807, 2.05) is 6.07 Å². The first-order valence-electron chi connectivity index (χ1n) is 5.87. The summed E-state index contributed by atoms with van der Waals surface area (Å²) in [5, 5.41) is -0.469. The third kappa shape index (κ3) is 2.99. The Morgan fingerprint density at radius 3 is 2.53 bits per heavy atom. The quantitative estimate of drug-likeness (QED) is 0.801. The van der Waals surface area contributed by atoms with Crippen LogP contribution in [0.5, 0.6) is 0 Å². The van der Waals surface area contributed by atoms with Gasteiger partial charge in [-0.2, -0.15) is 0 Å². The van der Waals surface area contributed by atoms with Crippen LogP contribution in [0, 0.1) is 5.82 Å². The molecular weight excluding hydrogens is 265 g/mol. The van der Waals surface area contributed by atoms with Gasteiger partial charge in [-0.3, -0.25) is 9.78 Å². The van der Waals surface area contributed by atoms with Crippen LogP contribution in [0.15, 0.2) is 48.8 Å². The summed E-state index contributed by atoms with van der Waals surface area (Å²) in [6.07, 6.45) is 3.79. The van der Waals surface area contributed by atoms with Crippen LogP contribution >= 0.6 is 11.6 Å². The van der Waals surface area contributed by atoms with Gasteiger partial charge < -0.3 is 0 Å². The first-order valence-corrected chi connectivity index (χ1v) is 6.25. The van der Waals surface area contributed by atoms with E-state index in [0.717, 1.165) is 5.56 Å². The minimum Gasteiger partial charge on any atom is -0.280 e. The second kappa shape index (κ2) is 5.49. The van der Waals surface area contributed by atoms with Crippen molar-refractivity contribution in [3.8, 4) is 0 Å². The van der Waals surface area contributed by atoms with Gasteiger partial charge in [0.2, 0.25) is 5.24 Å². The van der Waals surface area contributed by atoms with Crippen LogP contribution in [0.1, 0.15) is 18.1 Å². The maximum atomic E-state index is 13.0. The molecule has 1 aromatic heterocycles. The number of carbonyl (C=O) groups excluding carboxylic acids is 1. The van der Waals surface area contributed by atoms with Crippen molar-refractivity contribution in [3.63, 3.8) is 0 Å². The number of hydrogen-bond acceptors (Lipinski definition) is 2. The third-order valence-electron chi connectivity index (χ3n) is 3.20. The van der Waals surface area contributed by atoms with E-state index in [1.165, 1.54) is 12.1 Å². The molecule has 1 aromatic carbocycles. The summed E-state index contributed by atoms with van der Waals surface area (Å²) in [5.74, 6) is -0.338. The van der Waals surface area contributed by atoms with Gasteiger partial charge >= 0.3 is 0 Å². The lowest BCUT2D eigenvalue weighted by atomic mass is 9.78. The summed E-state index contributed by atoms with van der Waals surface area (Å²) in [7, 11) is 0. The van der Waals surface area contributed by atoms with Gasteiger partial charge in [-0.1, -0.05) is 18.2 Å². The minimum absolute atomic E-state index is 0.338. The van der Waals surface area contributed by atoms with E-state index in [4.69, 9.17) is 11.6 Å². The molecular formula is C15H13ClFNO. The van der Waals surface area contributed by atoms with E-state index in [2.05, 4.69) is 4.98 Å². The zero-order chi connectivity index (χ0) is 13.9. The Morgan fingerprint density at radius 1 is 1.32 bits per heavy atom. The summed E-state index contributed by atoms with van der Waals surface area (Å²) >= 11 is 5.76. The van der Waals surface area contributed by atoms with Crippen molar-refractivity contribution in [3.05, 3.63) is 65.7 Å². The molecule has 19 heavy (non-hydrogen) atoms. The van der Waals surface area contributed by atoms with Crippen molar-refractivity contribution in [2.45, 2.75) is 18.8 Å². The zero-order valence-corrected chi connectivity index (χ0v) is 11.2. The molecule has 2 aromatic rings. The summed E-state index contributed by atoms with van der Waals surface area (Å²) in [4.78, 5) is 15.8. The molecule has 2 rings (SSSR count). The first-order chi connectivity index (χ1) is 9.02. The highest BCUT2D eigenvalue weighted by molar-refractivity contribution is 6.65. The van der Waals surface area contributed by atoms with Gasteiger partial charge in [0.05, 0.1) is 5.41 Å². The number of nitrogens with zero attached hydrogens (tertiary/aromatic N) is 1. The van der Waals surface area contributed by atoms with E-state index in [-0.39, 0.29) is 5.82 Å². The van der Waals surface area contributed by atoms with Gasteiger partial charge in [0.1, 0.15) is 5.82 Å². The van der Waals surface area contributed by atoms with Crippen LogP contribution in [0.3, 0.4) is 0 Å². The van der Waals surface area contributed by atoms with Crippen molar-refractivity contribution >= 4 is 16.8 Å². The fraction of sp³-hybridized carbons (Fsp3) is 0.200. The van der Waals surface area contributed by atoms with Gasteiger partial charge in [-0.05, 0) is 54.3 Å². The van der Waals surface area contributed by atoms with Crippen LogP contribution in [0.25, 0.3) is 0 Å². The molecule has 4 heteroatoms. The van der Waals surface area contributed by atoms with E-state index in [0.29, 0.717) is 12.0 Å². The fourth-order valence-corrected chi connectivity index (χ4v) is 2.19. The number of rotatable bonds is 4. The van der Waals surface area contributed by atoms with E-state index < -0.39 is 10.7 Å². The molecule has 0 spiro atoms. The van der Waals surface area contributed by atoms with E-state index in [9.17, 15) is 9.18 Å². The van der Waals surface area contributed by atoms with Crippen molar-refractivity contribution in [1.82, 2.24) is 4.98 Å². The van der Waals surface area contributed by atoms with Crippen molar-refractivity contribution in [1.29, 1.82) is 0 Å². The average Bonchev–Trinajstić information content (AvgIpc) is 2.40. The highest BCUT2D eigenvalue weighted by Crippen LogP contribution is 2.30. The normalized spacial score (nSPS) is 13.8. The molecule has 98 valence electrons. The first kappa shape index (κ1) is 13.7. The Labute approximate surface area is 116 Å². The number of benzene rings is 1. The highest BCUT2D eigenvalue weighted by atomic mass is 35.5. The van der Waals surface area contributed by atoms with Gasteiger partial charge in [0, 0.05) is 12.4 Å². The number of pyridine rings is 1. The van der Waals surface area contributed by atoms with Crippen LogP contribution in [-0.4, -0.2) is 10.2 Å². The molecule has 0 aliphatic carbocycles. The minimum atomic E-state index is -0.891. The molecule has 0 saturated heterocycles. The molecule has 1 heterocycles. The summed E-state index contributed by atoms with van der Waals surface area (Å²) < 4.78 is 13.0. The zero-order valence-electron chi connectivity index (χ0n) is 10.4. The molecule has 0 bridgehead atoms. The van der Waals surface area contributed by atoms with Gasteiger partial charge in [0.25, 0.3) is 0 Å².